The molecule has 2 rings (SSSR count). The van der Waals surface area contributed by atoms with E-state index in [-0.39, 0.29) is 5.91 Å². The van der Waals surface area contributed by atoms with Gasteiger partial charge in [0.05, 0.1) is 11.1 Å². The van der Waals surface area contributed by atoms with E-state index in [1.54, 1.807) is 18.2 Å². The molecule has 0 heterocycles. The van der Waals surface area contributed by atoms with Crippen LogP contribution in [-0.2, 0) is 4.79 Å². The van der Waals surface area contributed by atoms with E-state index >= 15 is 0 Å². The third-order valence-corrected chi connectivity index (χ3v) is 2.88. The quantitative estimate of drug-likeness (QED) is 0.833. The number of benzene rings is 1. The summed E-state index contributed by atoms with van der Waals surface area (Å²) in [5, 5.41) is 23.7. The second-order valence-corrected chi connectivity index (χ2v) is 4.50. The van der Waals surface area contributed by atoms with Gasteiger partial charge in [-0.05, 0) is 31.0 Å². The lowest BCUT2D eigenvalue weighted by Gasteiger charge is -2.07. The zero-order valence-electron chi connectivity index (χ0n) is 10.4. The molecule has 19 heavy (non-hydrogen) atoms. The van der Waals surface area contributed by atoms with Crippen LogP contribution in [0.15, 0.2) is 18.2 Å². The number of carbonyl (C=O) groups excluding carboxylic acids is 1. The van der Waals surface area contributed by atoms with Crippen molar-refractivity contribution in [2.45, 2.75) is 25.3 Å². The zero-order chi connectivity index (χ0) is 13.7. The van der Waals surface area contributed by atoms with Gasteiger partial charge in [0.1, 0.15) is 12.1 Å². The SMILES string of the molecule is N#Cc1ccc(NCCC(=O)NC2CC2)cc1C#N. The summed E-state index contributed by atoms with van der Waals surface area (Å²) in [5.41, 5.74) is 1.45. The van der Waals surface area contributed by atoms with Gasteiger partial charge in [-0.3, -0.25) is 4.79 Å². The molecule has 1 aliphatic rings. The van der Waals surface area contributed by atoms with Gasteiger partial charge in [-0.15, -0.1) is 0 Å². The minimum absolute atomic E-state index is 0.0455. The molecule has 0 unspecified atom stereocenters. The van der Waals surface area contributed by atoms with Crippen LogP contribution in [0.4, 0.5) is 5.69 Å². The third-order valence-electron chi connectivity index (χ3n) is 2.88. The highest BCUT2D eigenvalue weighted by Crippen LogP contribution is 2.18. The van der Waals surface area contributed by atoms with Crippen molar-refractivity contribution in [1.29, 1.82) is 10.5 Å². The van der Waals surface area contributed by atoms with Crippen LogP contribution in [0, 0.1) is 22.7 Å². The largest absolute Gasteiger partial charge is 0.384 e. The minimum Gasteiger partial charge on any atom is -0.384 e. The molecule has 0 aliphatic heterocycles. The highest BCUT2D eigenvalue weighted by atomic mass is 16.1. The van der Waals surface area contributed by atoms with E-state index < -0.39 is 0 Å². The van der Waals surface area contributed by atoms with Crippen molar-refractivity contribution in [3.8, 4) is 12.1 Å². The first-order valence-corrected chi connectivity index (χ1v) is 6.20. The second-order valence-electron chi connectivity index (χ2n) is 4.50. The summed E-state index contributed by atoms with van der Waals surface area (Å²) in [7, 11) is 0. The van der Waals surface area contributed by atoms with E-state index in [9.17, 15) is 4.79 Å². The Morgan fingerprint density at radius 2 is 2.00 bits per heavy atom. The molecule has 0 spiro atoms. The molecular formula is C14H14N4O. The van der Waals surface area contributed by atoms with E-state index in [0.717, 1.165) is 18.5 Å². The summed E-state index contributed by atoms with van der Waals surface area (Å²) in [5.74, 6) is 0.0455. The van der Waals surface area contributed by atoms with Gasteiger partial charge in [0, 0.05) is 24.7 Å². The summed E-state index contributed by atoms with van der Waals surface area (Å²) in [6.07, 6.45) is 2.57. The average molecular weight is 254 g/mol. The number of nitrogens with zero attached hydrogens (tertiary/aromatic N) is 2. The Morgan fingerprint density at radius 3 is 2.63 bits per heavy atom. The highest BCUT2D eigenvalue weighted by molar-refractivity contribution is 5.77. The third kappa shape index (κ3) is 3.72. The summed E-state index contributed by atoms with van der Waals surface area (Å²) in [4.78, 5) is 11.5. The van der Waals surface area contributed by atoms with Crippen molar-refractivity contribution in [2.75, 3.05) is 11.9 Å². The van der Waals surface area contributed by atoms with Crippen molar-refractivity contribution in [2.24, 2.45) is 0 Å². The molecule has 5 nitrogen and oxygen atoms in total. The fraction of sp³-hybridized carbons (Fsp3) is 0.357. The standard InChI is InChI=1S/C14H14N4O/c15-8-10-1-2-13(7-11(10)9-16)17-6-5-14(19)18-12-3-4-12/h1-2,7,12,17H,3-6H2,(H,18,19). The monoisotopic (exact) mass is 254 g/mol. The van der Waals surface area contributed by atoms with Crippen LogP contribution in [0.25, 0.3) is 0 Å². The Balaban J connectivity index is 1.84. The first kappa shape index (κ1) is 12.9. The maximum Gasteiger partial charge on any atom is 0.221 e. The molecule has 1 aromatic rings. The smallest absolute Gasteiger partial charge is 0.221 e. The van der Waals surface area contributed by atoms with Gasteiger partial charge in [0.2, 0.25) is 5.91 Å². The number of carbonyl (C=O) groups is 1. The number of hydrogen-bond acceptors (Lipinski definition) is 4. The second kappa shape index (κ2) is 5.88. The van der Waals surface area contributed by atoms with Gasteiger partial charge >= 0.3 is 0 Å². The molecule has 0 aromatic heterocycles. The zero-order valence-corrected chi connectivity index (χ0v) is 10.4. The summed E-state index contributed by atoms with van der Waals surface area (Å²) < 4.78 is 0. The lowest BCUT2D eigenvalue weighted by molar-refractivity contribution is -0.120. The van der Waals surface area contributed by atoms with Gasteiger partial charge in [0.25, 0.3) is 0 Å². The molecule has 1 aromatic carbocycles. The Hall–Kier alpha value is -2.53. The van der Waals surface area contributed by atoms with Crippen LogP contribution >= 0.6 is 0 Å². The summed E-state index contributed by atoms with van der Waals surface area (Å²) in [6.45, 7) is 0.509. The van der Waals surface area contributed by atoms with E-state index in [4.69, 9.17) is 10.5 Å². The molecular weight excluding hydrogens is 240 g/mol. The van der Waals surface area contributed by atoms with Crippen molar-refractivity contribution in [1.82, 2.24) is 5.32 Å². The normalized spacial score (nSPS) is 13.2. The predicted molar refractivity (Wildman–Crippen MR) is 70.1 cm³/mol. The lowest BCUT2D eigenvalue weighted by atomic mass is 10.1. The van der Waals surface area contributed by atoms with E-state index in [2.05, 4.69) is 10.6 Å². The van der Waals surface area contributed by atoms with E-state index in [1.807, 2.05) is 12.1 Å². The molecule has 0 radical (unpaired) electrons. The van der Waals surface area contributed by atoms with Gasteiger partial charge in [-0.25, -0.2) is 0 Å². The Morgan fingerprint density at radius 1 is 1.26 bits per heavy atom. The molecule has 1 saturated carbocycles. The maximum atomic E-state index is 11.5. The number of hydrogen-bond donors (Lipinski definition) is 2. The average Bonchev–Trinajstić information content (AvgIpc) is 3.22. The number of rotatable bonds is 5. The van der Waals surface area contributed by atoms with Gasteiger partial charge in [0.15, 0.2) is 0 Å². The number of amides is 1. The van der Waals surface area contributed by atoms with Crippen LogP contribution in [0.5, 0.6) is 0 Å². The van der Waals surface area contributed by atoms with Gasteiger partial charge in [-0.1, -0.05) is 0 Å². The fourth-order valence-corrected chi connectivity index (χ4v) is 1.69. The summed E-state index contributed by atoms with van der Waals surface area (Å²) >= 11 is 0. The van der Waals surface area contributed by atoms with Crippen LogP contribution in [0.3, 0.4) is 0 Å². The van der Waals surface area contributed by atoms with Gasteiger partial charge in [-0.2, -0.15) is 10.5 Å². The minimum atomic E-state index is 0.0455. The first-order chi connectivity index (χ1) is 9.22. The predicted octanol–water partition coefficient (Wildman–Crippen LogP) is 1.51. The van der Waals surface area contributed by atoms with Crippen molar-refractivity contribution in [3.05, 3.63) is 29.3 Å². The Bertz CT molecular complexity index is 564. The molecule has 1 fully saturated rings. The molecule has 5 heteroatoms. The number of nitrogens with one attached hydrogen (secondary N) is 2. The van der Waals surface area contributed by atoms with E-state index in [0.29, 0.717) is 30.1 Å². The molecule has 1 aliphatic carbocycles. The first-order valence-electron chi connectivity index (χ1n) is 6.20. The topological polar surface area (TPSA) is 88.7 Å². The van der Waals surface area contributed by atoms with Crippen LogP contribution < -0.4 is 10.6 Å². The molecule has 96 valence electrons. The van der Waals surface area contributed by atoms with Crippen LogP contribution in [0.2, 0.25) is 0 Å². The Labute approximate surface area is 111 Å². The number of nitriles is 2. The van der Waals surface area contributed by atoms with Gasteiger partial charge < -0.3 is 10.6 Å². The van der Waals surface area contributed by atoms with Crippen LogP contribution in [-0.4, -0.2) is 18.5 Å². The van der Waals surface area contributed by atoms with Crippen molar-refractivity contribution in [3.63, 3.8) is 0 Å². The molecule has 0 atom stereocenters. The summed E-state index contributed by atoms with van der Waals surface area (Å²) in [6, 6.07) is 9.28. The highest BCUT2D eigenvalue weighted by Gasteiger charge is 2.22. The van der Waals surface area contributed by atoms with E-state index in [1.165, 1.54) is 0 Å². The number of anilines is 1. The van der Waals surface area contributed by atoms with Crippen molar-refractivity contribution < 1.29 is 4.79 Å². The molecule has 0 saturated heterocycles. The molecule has 1 amide bonds. The molecule has 2 N–H and O–H groups in total. The van der Waals surface area contributed by atoms with Crippen LogP contribution in [0.1, 0.15) is 30.4 Å². The fourth-order valence-electron chi connectivity index (χ4n) is 1.69. The molecule has 0 bridgehead atoms. The lowest BCUT2D eigenvalue weighted by Crippen LogP contribution is -2.27. The van der Waals surface area contributed by atoms with Crippen molar-refractivity contribution >= 4 is 11.6 Å². The maximum absolute atomic E-state index is 11.5. The Kier molecular flexibility index (Phi) is 4.00.